The molecule has 0 aliphatic rings. The molecule has 112 valence electrons. The van der Waals surface area contributed by atoms with Crippen molar-refractivity contribution in [2.24, 2.45) is 7.05 Å². The Kier molecular flexibility index (Phi) is 4.34. The van der Waals surface area contributed by atoms with Gasteiger partial charge in [-0.15, -0.1) is 0 Å². The second-order valence-electron chi connectivity index (χ2n) is 4.63. The van der Waals surface area contributed by atoms with Gasteiger partial charge < -0.3 is 9.88 Å². The summed E-state index contributed by atoms with van der Waals surface area (Å²) in [6, 6.07) is 5.74. The lowest BCUT2D eigenvalue weighted by Gasteiger charge is -2.13. The SMILES string of the molecule is CC(NC(=O)c1cn(C)cn1)c1ccc(S(=O)(=O)Cl)cc1. The average Bonchev–Trinajstić information content (AvgIpc) is 2.84. The fourth-order valence-electron chi connectivity index (χ4n) is 1.80. The predicted octanol–water partition coefficient (Wildman–Crippen LogP) is 1.84. The van der Waals surface area contributed by atoms with Crippen LogP contribution < -0.4 is 5.32 Å². The molecular formula is C13H14ClN3O3S. The second-order valence-corrected chi connectivity index (χ2v) is 7.19. The van der Waals surface area contributed by atoms with E-state index >= 15 is 0 Å². The number of imidazole rings is 1. The molecule has 8 heteroatoms. The molecule has 0 fully saturated rings. The van der Waals surface area contributed by atoms with Crippen molar-refractivity contribution in [2.75, 3.05) is 0 Å². The first-order chi connectivity index (χ1) is 9.77. The molecule has 0 aliphatic carbocycles. The predicted molar refractivity (Wildman–Crippen MR) is 78.6 cm³/mol. The van der Waals surface area contributed by atoms with Gasteiger partial charge in [0.05, 0.1) is 17.3 Å². The van der Waals surface area contributed by atoms with Crippen LogP contribution in [0.3, 0.4) is 0 Å². The lowest BCUT2D eigenvalue weighted by Crippen LogP contribution is -2.26. The summed E-state index contributed by atoms with van der Waals surface area (Å²) in [4.78, 5) is 16.0. The number of amides is 1. The number of halogens is 1. The zero-order valence-electron chi connectivity index (χ0n) is 11.4. The van der Waals surface area contributed by atoms with E-state index < -0.39 is 9.05 Å². The number of aromatic nitrogens is 2. The van der Waals surface area contributed by atoms with Crippen LogP contribution in [0.5, 0.6) is 0 Å². The molecule has 1 aromatic heterocycles. The van der Waals surface area contributed by atoms with Gasteiger partial charge in [0, 0.05) is 23.9 Å². The highest BCUT2D eigenvalue weighted by Crippen LogP contribution is 2.19. The Hall–Kier alpha value is -1.86. The first-order valence-corrected chi connectivity index (χ1v) is 8.42. The molecule has 6 nitrogen and oxygen atoms in total. The van der Waals surface area contributed by atoms with Gasteiger partial charge in [0.2, 0.25) is 0 Å². The Morgan fingerprint density at radius 3 is 2.43 bits per heavy atom. The molecule has 1 atom stereocenters. The molecule has 2 rings (SSSR count). The summed E-state index contributed by atoms with van der Waals surface area (Å²) in [6.07, 6.45) is 3.16. The summed E-state index contributed by atoms with van der Waals surface area (Å²) >= 11 is 0. The zero-order valence-corrected chi connectivity index (χ0v) is 13.0. The molecule has 0 radical (unpaired) electrons. The van der Waals surface area contributed by atoms with Crippen LogP contribution in [-0.2, 0) is 16.1 Å². The summed E-state index contributed by atoms with van der Waals surface area (Å²) in [6.45, 7) is 1.80. The van der Waals surface area contributed by atoms with Gasteiger partial charge >= 0.3 is 0 Å². The van der Waals surface area contributed by atoms with E-state index in [1.165, 1.54) is 12.1 Å². The number of hydrogen-bond acceptors (Lipinski definition) is 4. The van der Waals surface area contributed by atoms with Crippen LogP contribution in [0.15, 0.2) is 41.7 Å². The highest BCUT2D eigenvalue weighted by atomic mass is 35.7. The highest BCUT2D eigenvalue weighted by Gasteiger charge is 2.15. The number of benzene rings is 1. The standard InChI is InChI=1S/C13H14ClN3O3S/c1-9(16-13(18)12-7-17(2)8-15-12)10-3-5-11(6-4-10)21(14,19)20/h3-9H,1-2H3,(H,16,18). The van der Waals surface area contributed by atoms with Crippen LogP contribution in [0.1, 0.15) is 29.0 Å². The molecule has 1 unspecified atom stereocenters. The normalized spacial score (nSPS) is 12.9. The monoisotopic (exact) mass is 327 g/mol. The minimum atomic E-state index is -3.74. The number of carbonyl (C=O) groups excluding carboxylic acids is 1. The Balaban J connectivity index is 2.10. The Labute approximate surface area is 127 Å². The summed E-state index contributed by atoms with van der Waals surface area (Å²) in [5.41, 5.74) is 1.09. The topological polar surface area (TPSA) is 81.1 Å². The Morgan fingerprint density at radius 1 is 1.33 bits per heavy atom. The van der Waals surface area contributed by atoms with Gasteiger partial charge in [0.15, 0.2) is 0 Å². The van der Waals surface area contributed by atoms with Gasteiger partial charge in [-0.1, -0.05) is 12.1 Å². The first-order valence-electron chi connectivity index (χ1n) is 6.11. The third-order valence-corrected chi connectivity index (χ3v) is 4.32. The van der Waals surface area contributed by atoms with Crippen LogP contribution in [-0.4, -0.2) is 23.9 Å². The smallest absolute Gasteiger partial charge is 0.271 e. The largest absolute Gasteiger partial charge is 0.344 e. The van der Waals surface area contributed by atoms with E-state index in [0.29, 0.717) is 5.69 Å². The molecule has 1 aromatic carbocycles. The van der Waals surface area contributed by atoms with Crippen LogP contribution in [0.4, 0.5) is 0 Å². The van der Waals surface area contributed by atoms with Crippen LogP contribution in [0.2, 0.25) is 0 Å². The molecule has 0 aliphatic heterocycles. The quantitative estimate of drug-likeness (QED) is 0.869. The van der Waals surface area contributed by atoms with Crippen molar-refractivity contribution < 1.29 is 13.2 Å². The van der Waals surface area contributed by atoms with Crippen LogP contribution in [0, 0.1) is 0 Å². The number of carbonyl (C=O) groups is 1. The maximum absolute atomic E-state index is 12.0. The van der Waals surface area contributed by atoms with Crippen molar-refractivity contribution in [3.05, 3.63) is 48.0 Å². The lowest BCUT2D eigenvalue weighted by molar-refractivity contribution is 0.0935. The van der Waals surface area contributed by atoms with Crippen molar-refractivity contribution in [1.82, 2.24) is 14.9 Å². The maximum Gasteiger partial charge on any atom is 0.271 e. The number of aryl methyl sites for hydroxylation is 1. The van der Waals surface area contributed by atoms with Crippen molar-refractivity contribution >= 4 is 25.6 Å². The fourth-order valence-corrected chi connectivity index (χ4v) is 2.57. The first kappa shape index (κ1) is 15.5. The molecule has 1 N–H and O–H groups in total. The molecule has 21 heavy (non-hydrogen) atoms. The van der Waals surface area contributed by atoms with E-state index in [9.17, 15) is 13.2 Å². The molecule has 1 amide bonds. The molecule has 0 saturated carbocycles. The van der Waals surface area contributed by atoms with E-state index in [2.05, 4.69) is 10.3 Å². The minimum absolute atomic E-state index is 0.0242. The summed E-state index contributed by atoms with van der Waals surface area (Å²) < 4.78 is 24.0. The highest BCUT2D eigenvalue weighted by molar-refractivity contribution is 8.13. The Morgan fingerprint density at radius 2 is 1.95 bits per heavy atom. The van der Waals surface area contributed by atoms with E-state index in [0.717, 1.165) is 5.56 Å². The molecule has 0 bridgehead atoms. The molecule has 0 spiro atoms. The summed E-state index contributed by atoms with van der Waals surface area (Å²) in [5, 5.41) is 2.79. The van der Waals surface area contributed by atoms with Gasteiger partial charge in [-0.25, -0.2) is 13.4 Å². The van der Waals surface area contributed by atoms with E-state index in [4.69, 9.17) is 10.7 Å². The zero-order chi connectivity index (χ0) is 15.6. The maximum atomic E-state index is 12.0. The summed E-state index contributed by atoms with van der Waals surface area (Å²) in [5.74, 6) is -0.294. The van der Waals surface area contributed by atoms with Gasteiger partial charge in [-0.2, -0.15) is 0 Å². The number of rotatable bonds is 4. The Bertz CT molecular complexity index is 753. The molecule has 1 heterocycles. The average molecular weight is 328 g/mol. The number of nitrogens with one attached hydrogen (secondary N) is 1. The number of nitrogens with zero attached hydrogens (tertiary/aromatic N) is 2. The van der Waals surface area contributed by atoms with E-state index in [1.807, 2.05) is 0 Å². The number of hydrogen-bond donors (Lipinski definition) is 1. The van der Waals surface area contributed by atoms with Gasteiger partial charge in [0.1, 0.15) is 5.69 Å². The van der Waals surface area contributed by atoms with Crippen molar-refractivity contribution in [2.45, 2.75) is 17.9 Å². The van der Waals surface area contributed by atoms with Gasteiger partial charge in [0.25, 0.3) is 15.0 Å². The van der Waals surface area contributed by atoms with Crippen molar-refractivity contribution in [3.8, 4) is 0 Å². The van der Waals surface area contributed by atoms with Crippen molar-refractivity contribution in [1.29, 1.82) is 0 Å². The molecule has 0 saturated heterocycles. The van der Waals surface area contributed by atoms with E-state index in [1.54, 1.807) is 43.2 Å². The second kappa shape index (κ2) is 5.87. The molecular weight excluding hydrogens is 314 g/mol. The lowest BCUT2D eigenvalue weighted by atomic mass is 10.1. The van der Waals surface area contributed by atoms with Gasteiger partial charge in [-0.3, -0.25) is 4.79 Å². The minimum Gasteiger partial charge on any atom is -0.344 e. The van der Waals surface area contributed by atoms with Gasteiger partial charge in [-0.05, 0) is 24.6 Å². The third-order valence-electron chi connectivity index (χ3n) is 2.95. The molecule has 2 aromatic rings. The fraction of sp³-hybridized carbons (Fsp3) is 0.231. The third kappa shape index (κ3) is 3.83. The van der Waals surface area contributed by atoms with Crippen LogP contribution >= 0.6 is 10.7 Å². The van der Waals surface area contributed by atoms with Crippen molar-refractivity contribution in [3.63, 3.8) is 0 Å². The summed E-state index contributed by atoms with van der Waals surface area (Å²) in [7, 11) is 3.29. The van der Waals surface area contributed by atoms with E-state index in [-0.39, 0.29) is 16.8 Å². The van der Waals surface area contributed by atoms with Crippen LogP contribution in [0.25, 0.3) is 0 Å².